The zero-order valence-electron chi connectivity index (χ0n) is 10.9. The lowest BCUT2D eigenvalue weighted by molar-refractivity contribution is -0.118. The number of rotatable bonds is 4. The quantitative estimate of drug-likeness (QED) is 0.907. The number of hydrogen-bond donors (Lipinski definition) is 2. The van der Waals surface area contributed by atoms with E-state index < -0.39 is 17.8 Å². The molecule has 3 N–H and O–H groups in total. The number of carbonyl (C=O) groups is 1. The molecule has 0 aromatic heterocycles. The van der Waals surface area contributed by atoms with E-state index in [9.17, 15) is 9.18 Å². The molecule has 3 nitrogen and oxygen atoms in total. The molecule has 0 saturated carbocycles. The van der Waals surface area contributed by atoms with Crippen molar-refractivity contribution in [1.82, 2.24) is 0 Å². The van der Waals surface area contributed by atoms with E-state index >= 15 is 0 Å². The molecule has 0 radical (unpaired) electrons. The molecule has 5 heteroatoms. The van der Waals surface area contributed by atoms with E-state index in [2.05, 4.69) is 5.32 Å². The minimum Gasteiger partial charge on any atom is -0.370 e. The van der Waals surface area contributed by atoms with Gasteiger partial charge in [-0.2, -0.15) is 0 Å². The molecule has 2 rings (SSSR count). The standard InChI is InChI=1S/C15H14ClFN2O/c1-9-2-5-11(6-3-9)19-14(15(18)20)12-7-4-10(16)8-13(12)17/h2-8,14,19H,1H3,(H2,18,20). The van der Waals surface area contributed by atoms with Crippen molar-refractivity contribution in [2.75, 3.05) is 5.32 Å². The maximum absolute atomic E-state index is 13.9. The number of nitrogens with two attached hydrogens (primary N) is 1. The van der Waals surface area contributed by atoms with E-state index in [0.29, 0.717) is 5.69 Å². The highest BCUT2D eigenvalue weighted by atomic mass is 35.5. The van der Waals surface area contributed by atoms with Gasteiger partial charge in [-0.1, -0.05) is 35.4 Å². The van der Waals surface area contributed by atoms with Crippen molar-refractivity contribution in [2.45, 2.75) is 13.0 Å². The number of carbonyl (C=O) groups excluding carboxylic acids is 1. The average molecular weight is 293 g/mol. The van der Waals surface area contributed by atoms with Crippen molar-refractivity contribution in [2.24, 2.45) is 5.73 Å². The Labute approximate surface area is 121 Å². The van der Waals surface area contributed by atoms with Crippen LogP contribution < -0.4 is 11.1 Å². The van der Waals surface area contributed by atoms with Gasteiger partial charge in [-0.25, -0.2) is 4.39 Å². The van der Waals surface area contributed by atoms with E-state index in [1.54, 1.807) is 12.1 Å². The number of aryl methyl sites for hydroxylation is 1. The second-order valence-electron chi connectivity index (χ2n) is 4.51. The SMILES string of the molecule is Cc1ccc(NC(C(N)=O)c2ccc(Cl)cc2F)cc1. The van der Waals surface area contributed by atoms with Gasteiger partial charge in [-0.05, 0) is 31.2 Å². The summed E-state index contributed by atoms with van der Waals surface area (Å²) in [6, 6.07) is 10.6. The normalized spacial score (nSPS) is 11.9. The second kappa shape index (κ2) is 5.92. The number of halogens is 2. The molecular formula is C15H14ClFN2O. The van der Waals surface area contributed by atoms with E-state index in [0.717, 1.165) is 11.6 Å². The lowest BCUT2D eigenvalue weighted by atomic mass is 10.0. The van der Waals surface area contributed by atoms with Crippen LogP contribution in [0.3, 0.4) is 0 Å². The summed E-state index contributed by atoms with van der Waals surface area (Å²) >= 11 is 5.70. The first kappa shape index (κ1) is 14.3. The summed E-state index contributed by atoms with van der Waals surface area (Å²) in [5, 5.41) is 3.19. The third kappa shape index (κ3) is 3.27. The molecule has 0 saturated heterocycles. The van der Waals surface area contributed by atoms with Gasteiger partial charge in [0.1, 0.15) is 11.9 Å². The molecule has 0 aliphatic heterocycles. The minimum absolute atomic E-state index is 0.169. The van der Waals surface area contributed by atoms with Gasteiger partial charge in [-0.3, -0.25) is 4.79 Å². The second-order valence-corrected chi connectivity index (χ2v) is 4.95. The van der Waals surface area contributed by atoms with Crippen LogP contribution in [0.1, 0.15) is 17.2 Å². The Morgan fingerprint density at radius 3 is 2.45 bits per heavy atom. The van der Waals surface area contributed by atoms with Crippen molar-refractivity contribution in [3.05, 3.63) is 64.4 Å². The predicted molar refractivity (Wildman–Crippen MR) is 78.1 cm³/mol. The van der Waals surface area contributed by atoms with Crippen LogP contribution in [-0.4, -0.2) is 5.91 Å². The highest BCUT2D eigenvalue weighted by Crippen LogP contribution is 2.24. The number of amides is 1. The molecule has 104 valence electrons. The summed E-state index contributed by atoms with van der Waals surface area (Å²) in [4.78, 5) is 11.6. The molecule has 2 aromatic carbocycles. The molecular weight excluding hydrogens is 279 g/mol. The van der Waals surface area contributed by atoms with E-state index in [1.165, 1.54) is 12.1 Å². The third-order valence-corrected chi connectivity index (χ3v) is 3.16. The highest BCUT2D eigenvalue weighted by Gasteiger charge is 2.21. The Balaban J connectivity index is 2.31. The topological polar surface area (TPSA) is 55.1 Å². The lowest BCUT2D eigenvalue weighted by Gasteiger charge is -2.18. The molecule has 0 spiro atoms. The zero-order chi connectivity index (χ0) is 14.7. The minimum atomic E-state index is -0.949. The summed E-state index contributed by atoms with van der Waals surface area (Å²) in [6.45, 7) is 1.95. The van der Waals surface area contributed by atoms with Crippen molar-refractivity contribution in [3.63, 3.8) is 0 Å². The fourth-order valence-electron chi connectivity index (χ4n) is 1.85. The monoisotopic (exact) mass is 292 g/mol. The summed E-state index contributed by atoms with van der Waals surface area (Å²) in [5.74, 6) is -1.23. The first-order valence-electron chi connectivity index (χ1n) is 6.05. The van der Waals surface area contributed by atoms with Gasteiger partial charge in [-0.15, -0.1) is 0 Å². The molecule has 0 heterocycles. The molecule has 1 amide bonds. The Kier molecular flexibility index (Phi) is 4.25. The molecule has 0 aliphatic rings. The van der Waals surface area contributed by atoms with Gasteiger partial charge in [0.05, 0.1) is 0 Å². The molecule has 1 unspecified atom stereocenters. The maximum atomic E-state index is 13.9. The summed E-state index contributed by atoms with van der Waals surface area (Å²) in [7, 11) is 0. The smallest absolute Gasteiger partial charge is 0.244 e. The zero-order valence-corrected chi connectivity index (χ0v) is 11.6. The van der Waals surface area contributed by atoms with Crippen LogP contribution in [0.5, 0.6) is 0 Å². The summed E-state index contributed by atoms with van der Waals surface area (Å²) in [5.41, 5.74) is 7.30. The molecule has 0 fully saturated rings. The highest BCUT2D eigenvalue weighted by molar-refractivity contribution is 6.30. The molecule has 0 bridgehead atoms. The molecule has 2 aromatic rings. The molecule has 1 atom stereocenters. The van der Waals surface area contributed by atoms with Gasteiger partial charge in [0, 0.05) is 16.3 Å². The average Bonchev–Trinajstić information content (AvgIpc) is 2.39. The van der Waals surface area contributed by atoms with E-state index in [1.807, 2.05) is 19.1 Å². The number of hydrogen-bond acceptors (Lipinski definition) is 2. The van der Waals surface area contributed by atoms with Gasteiger partial charge in [0.15, 0.2) is 0 Å². The molecule has 20 heavy (non-hydrogen) atoms. The number of benzene rings is 2. The van der Waals surface area contributed by atoms with Crippen LogP contribution in [0.4, 0.5) is 10.1 Å². The van der Waals surface area contributed by atoms with Crippen LogP contribution in [0.2, 0.25) is 5.02 Å². The fourth-order valence-corrected chi connectivity index (χ4v) is 2.01. The van der Waals surface area contributed by atoms with Gasteiger partial charge in [0.25, 0.3) is 0 Å². The van der Waals surface area contributed by atoms with Crippen LogP contribution in [0.15, 0.2) is 42.5 Å². The first-order chi connectivity index (χ1) is 9.47. The van der Waals surface area contributed by atoms with E-state index in [-0.39, 0.29) is 10.6 Å². The Hall–Kier alpha value is -2.07. The van der Waals surface area contributed by atoms with Gasteiger partial charge < -0.3 is 11.1 Å². The van der Waals surface area contributed by atoms with Crippen LogP contribution in [-0.2, 0) is 4.79 Å². The van der Waals surface area contributed by atoms with Crippen LogP contribution in [0, 0.1) is 12.7 Å². The lowest BCUT2D eigenvalue weighted by Crippen LogP contribution is -2.28. The number of nitrogens with one attached hydrogen (secondary N) is 1. The first-order valence-corrected chi connectivity index (χ1v) is 6.42. The summed E-state index contributed by atoms with van der Waals surface area (Å²) < 4.78 is 13.9. The number of anilines is 1. The van der Waals surface area contributed by atoms with Gasteiger partial charge in [0.2, 0.25) is 5.91 Å². The summed E-state index contributed by atoms with van der Waals surface area (Å²) in [6.07, 6.45) is 0. The Bertz CT molecular complexity index is 628. The fraction of sp³-hybridized carbons (Fsp3) is 0.133. The van der Waals surface area contributed by atoms with Crippen molar-refractivity contribution < 1.29 is 9.18 Å². The largest absolute Gasteiger partial charge is 0.370 e. The predicted octanol–water partition coefficient (Wildman–Crippen LogP) is 3.43. The Morgan fingerprint density at radius 1 is 1.25 bits per heavy atom. The van der Waals surface area contributed by atoms with Crippen molar-refractivity contribution >= 4 is 23.2 Å². The van der Waals surface area contributed by atoms with Crippen LogP contribution in [0.25, 0.3) is 0 Å². The van der Waals surface area contributed by atoms with Gasteiger partial charge >= 0.3 is 0 Å². The van der Waals surface area contributed by atoms with Crippen LogP contribution >= 0.6 is 11.6 Å². The van der Waals surface area contributed by atoms with Crippen molar-refractivity contribution in [3.8, 4) is 0 Å². The number of primary amides is 1. The van der Waals surface area contributed by atoms with E-state index in [4.69, 9.17) is 17.3 Å². The third-order valence-electron chi connectivity index (χ3n) is 2.92. The Morgan fingerprint density at radius 2 is 1.90 bits per heavy atom. The van der Waals surface area contributed by atoms with Crippen molar-refractivity contribution in [1.29, 1.82) is 0 Å². The maximum Gasteiger partial charge on any atom is 0.244 e. The molecule has 0 aliphatic carbocycles.